The van der Waals surface area contributed by atoms with Gasteiger partial charge in [-0.2, -0.15) is 0 Å². The van der Waals surface area contributed by atoms with Gasteiger partial charge in [0.2, 0.25) is 0 Å². The van der Waals surface area contributed by atoms with Crippen LogP contribution in [-0.4, -0.2) is 19.9 Å². The summed E-state index contributed by atoms with van der Waals surface area (Å²) in [6.45, 7) is 7.73. The molecule has 0 N–H and O–H groups in total. The van der Waals surface area contributed by atoms with Crippen LogP contribution in [0, 0.1) is 40.1 Å². The molecular weight excluding hydrogens is 537 g/mol. The minimum Gasteiger partial charge on any atom is -0.448 e. The van der Waals surface area contributed by atoms with E-state index in [1.165, 1.54) is 0 Å². The third-order valence-corrected chi connectivity index (χ3v) is 4.11. The zero-order chi connectivity index (χ0) is 19.9. The van der Waals surface area contributed by atoms with Crippen LogP contribution in [0.25, 0.3) is 22.5 Å². The molecule has 29 heavy (non-hydrogen) atoms. The summed E-state index contributed by atoms with van der Waals surface area (Å²) < 4.78 is 0. The fourth-order valence-electron chi connectivity index (χ4n) is 2.83. The summed E-state index contributed by atoms with van der Waals surface area (Å²) >= 11 is 0. The first-order valence-electron chi connectivity index (χ1n) is 9.11. The van der Waals surface area contributed by atoms with Gasteiger partial charge in [-0.15, -0.1) is 12.4 Å². The summed E-state index contributed by atoms with van der Waals surface area (Å²) in [6.07, 6.45) is 5.76. The SMILES string of the molecule is Cc1[c-]nc(-c2ccccc2)c(C)n1.Cc1[c-]nc(-c2ccccc2)c(C)n1.[Ir+3]. The first-order valence-corrected chi connectivity index (χ1v) is 9.11. The Morgan fingerprint density at radius 3 is 1.21 bits per heavy atom. The topological polar surface area (TPSA) is 51.6 Å². The molecule has 5 heteroatoms. The van der Waals surface area contributed by atoms with Crippen LogP contribution in [0.5, 0.6) is 0 Å². The summed E-state index contributed by atoms with van der Waals surface area (Å²) in [5.74, 6) is 0. The maximum atomic E-state index is 4.33. The smallest absolute Gasteiger partial charge is 0.448 e. The molecule has 2 aromatic heterocycles. The molecule has 0 saturated carbocycles. The maximum Gasteiger partial charge on any atom is 3.00 e. The molecule has 146 valence electrons. The number of rotatable bonds is 2. The van der Waals surface area contributed by atoms with Crippen LogP contribution < -0.4 is 0 Å². The van der Waals surface area contributed by atoms with Gasteiger partial charge in [0.1, 0.15) is 0 Å². The van der Waals surface area contributed by atoms with Crippen molar-refractivity contribution in [2.24, 2.45) is 0 Å². The van der Waals surface area contributed by atoms with Crippen molar-refractivity contribution in [1.29, 1.82) is 0 Å². The van der Waals surface area contributed by atoms with Gasteiger partial charge in [0.25, 0.3) is 0 Å². The van der Waals surface area contributed by atoms with E-state index in [2.05, 4.69) is 32.3 Å². The van der Waals surface area contributed by atoms with Crippen molar-refractivity contribution in [3.05, 3.63) is 95.8 Å². The van der Waals surface area contributed by atoms with E-state index in [1.807, 2.05) is 88.4 Å². The molecule has 0 amide bonds. The fraction of sp³-hybridized carbons (Fsp3) is 0.167. The summed E-state index contributed by atoms with van der Waals surface area (Å²) in [6, 6.07) is 20.1. The zero-order valence-corrected chi connectivity index (χ0v) is 19.3. The van der Waals surface area contributed by atoms with E-state index >= 15 is 0 Å². The third-order valence-electron chi connectivity index (χ3n) is 4.11. The largest absolute Gasteiger partial charge is 3.00 e. The molecule has 0 saturated heterocycles. The van der Waals surface area contributed by atoms with Crippen molar-refractivity contribution in [1.82, 2.24) is 19.9 Å². The molecule has 0 aliphatic rings. The van der Waals surface area contributed by atoms with E-state index in [-0.39, 0.29) is 20.1 Å². The van der Waals surface area contributed by atoms with Crippen molar-refractivity contribution in [2.75, 3.05) is 0 Å². The molecule has 0 radical (unpaired) electrons. The molecular formula is C24H22IrN4+. The van der Waals surface area contributed by atoms with E-state index < -0.39 is 0 Å². The first kappa shape index (κ1) is 22.5. The Morgan fingerprint density at radius 2 is 0.897 bits per heavy atom. The fourth-order valence-corrected chi connectivity index (χ4v) is 2.83. The van der Waals surface area contributed by atoms with Crippen LogP contribution in [0.3, 0.4) is 0 Å². The number of nitrogens with zero attached hydrogens (tertiary/aromatic N) is 4. The second-order valence-corrected chi connectivity index (χ2v) is 6.44. The molecule has 0 aliphatic heterocycles. The number of hydrogen-bond donors (Lipinski definition) is 0. The van der Waals surface area contributed by atoms with Crippen molar-refractivity contribution in [2.45, 2.75) is 27.7 Å². The van der Waals surface area contributed by atoms with E-state index in [4.69, 9.17) is 0 Å². The van der Waals surface area contributed by atoms with E-state index in [1.54, 1.807) is 0 Å². The minimum atomic E-state index is 0. The molecule has 0 spiro atoms. The molecule has 4 aromatic rings. The van der Waals surface area contributed by atoms with Gasteiger partial charge in [-0.3, -0.25) is 9.97 Å². The van der Waals surface area contributed by atoms with Crippen molar-refractivity contribution >= 4 is 0 Å². The van der Waals surface area contributed by atoms with Gasteiger partial charge in [0, 0.05) is 0 Å². The number of aromatic nitrogens is 4. The quantitative estimate of drug-likeness (QED) is 0.321. The van der Waals surface area contributed by atoms with Crippen LogP contribution >= 0.6 is 0 Å². The standard InChI is InChI=1S/2C12H11N2.Ir/c2*1-9-8-13-12(10(2)14-9)11-6-4-3-5-7-11;/h2*3-7H,1-2H3;/q2*-1;+3. The monoisotopic (exact) mass is 559 g/mol. The molecule has 2 aromatic carbocycles. The zero-order valence-electron chi connectivity index (χ0n) is 16.9. The van der Waals surface area contributed by atoms with Crippen molar-refractivity contribution in [3.63, 3.8) is 0 Å². The van der Waals surface area contributed by atoms with Crippen molar-refractivity contribution in [3.8, 4) is 22.5 Å². The van der Waals surface area contributed by atoms with Crippen LogP contribution in [0.1, 0.15) is 22.8 Å². The Hall–Kier alpha value is -2.75. The van der Waals surface area contributed by atoms with Crippen LogP contribution in [0.4, 0.5) is 0 Å². The van der Waals surface area contributed by atoms with E-state index in [0.29, 0.717) is 0 Å². The average molecular weight is 559 g/mol. The Kier molecular flexibility index (Phi) is 8.32. The molecule has 2 heterocycles. The molecule has 0 aliphatic carbocycles. The van der Waals surface area contributed by atoms with Crippen LogP contribution in [-0.2, 0) is 20.1 Å². The predicted molar refractivity (Wildman–Crippen MR) is 112 cm³/mol. The van der Waals surface area contributed by atoms with Crippen LogP contribution in [0.2, 0.25) is 0 Å². The van der Waals surface area contributed by atoms with Crippen LogP contribution in [0.15, 0.2) is 60.7 Å². The van der Waals surface area contributed by atoms with E-state index in [9.17, 15) is 0 Å². The molecule has 4 rings (SSSR count). The molecule has 0 unspecified atom stereocenters. The average Bonchev–Trinajstić information content (AvgIpc) is 2.70. The number of aryl methyl sites for hydroxylation is 4. The summed E-state index contributed by atoms with van der Waals surface area (Å²) in [5.41, 5.74) is 7.58. The van der Waals surface area contributed by atoms with Gasteiger partial charge >= 0.3 is 20.1 Å². The molecule has 0 atom stereocenters. The predicted octanol–water partition coefficient (Wildman–Crippen LogP) is 5.12. The number of benzene rings is 2. The van der Waals surface area contributed by atoms with Crippen molar-refractivity contribution < 1.29 is 20.1 Å². The Balaban J connectivity index is 0.000000200. The summed E-state index contributed by atoms with van der Waals surface area (Å²) in [7, 11) is 0. The summed E-state index contributed by atoms with van der Waals surface area (Å²) in [4.78, 5) is 17.2. The molecule has 4 nitrogen and oxygen atoms in total. The minimum absolute atomic E-state index is 0. The molecule has 0 bridgehead atoms. The second-order valence-electron chi connectivity index (χ2n) is 6.44. The Bertz CT molecular complexity index is 964. The number of hydrogen-bond acceptors (Lipinski definition) is 4. The molecule has 0 fully saturated rings. The van der Waals surface area contributed by atoms with Gasteiger partial charge in [-0.25, -0.2) is 0 Å². The van der Waals surface area contributed by atoms with Gasteiger partial charge in [-0.05, 0) is 50.5 Å². The maximum absolute atomic E-state index is 4.33. The third kappa shape index (κ3) is 6.11. The van der Waals surface area contributed by atoms with Gasteiger partial charge < -0.3 is 9.97 Å². The normalized spacial score (nSPS) is 9.79. The van der Waals surface area contributed by atoms with Gasteiger partial charge in [0.15, 0.2) is 0 Å². The Morgan fingerprint density at radius 1 is 0.552 bits per heavy atom. The summed E-state index contributed by atoms with van der Waals surface area (Å²) in [5, 5.41) is 0. The first-order chi connectivity index (χ1) is 13.5. The Labute approximate surface area is 185 Å². The second kappa shape index (κ2) is 10.7. The van der Waals surface area contributed by atoms with Gasteiger partial charge in [-0.1, -0.05) is 83.2 Å². The van der Waals surface area contributed by atoms with Gasteiger partial charge in [0.05, 0.1) is 0 Å². The van der Waals surface area contributed by atoms with E-state index in [0.717, 1.165) is 45.3 Å².